The average Bonchev–Trinajstić information content (AvgIpc) is 2.87. The van der Waals surface area contributed by atoms with Crippen LogP contribution in [-0.2, 0) is 21.1 Å². The van der Waals surface area contributed by atoms with E-state index in [2.05, 4.69) is 6.07 Å². The summed E-state index contributed by atoms with van der Waals surface area (Å²) in [5.41, 5.74) is 4.02. The van der Waals surface area contributed by atoms with Crippen molar-refractivity contribution >= 4 is 27.4 Å². The van der Waals surface area contributed by atoms with Gasteiger partial charge in [0.25, 0.3) is 0 Å². The molecule has 0 aliphatic carbocycles. The van der Waals surface area contributed by atoms with E-state index in [9.17, 15) is 18.3 Å². The molecule has 0 saturated carbocycles. The summed E-state index contributed by atoms with van der Waals surface area (Å²) >= 11 is 6.05. The predicted octanol–water partition coefficient (Wildman–Crippen LogP) is 6.45. The average molecular weight is 527 g/mol. The molecule has 2 unspecified atom stereocenters. The summed E-state index contributed by atoms with van der Waals surface area (Å²) in [5.74, 6) is -0.591. The Balaban J connectivity index is 1.62. The summed E-state index contributed by atoms with van der Waals surface area (Å²) in [6, 6.07) is 20.2. The highest BCUT2D eigenvalue weighted by Crippen LogP contribution is 2.34. The lowest BCUT2D eigenvalue weighted by molar-refractivity contribution is -0.137. The van der Waals surface area contributed by atoms with Crippen molar-refractivity contribution in [3.63, 3.8) is 0 Å². The van der Waals surface area contributed by atoms with Crippen LogP contribution in [0.25, 0.3) is 0 Å². The van der Waals surface area contributed by atoms with E-state index in [1.165, 1.54) is 0 Å². The van der Waals surface area contributed by atoms with Crippen LogP contribution in [0.3, 0.4) is 0 Å². The summed E-state index contributed by atoms with van der Waals surface area (Å²) in [5, 5.41) is 10.2. The molecule has 0 aromatic heterocycles. The molecule has 4 rings (SSSR count). The van der Waals surface area contributed by atoms with Crippen LogP contribution in [0.4, 0.5) is 0 Å². The first-order chi connectivity index (χ1) is 17.1. The van der Waals surface area contributed by atoms with Crippen LogP contribution < -0.4 is 4.74 Å². The van der Waals surface area contributed by atoms with E-state index in [0.717, 1.165) is 28.7 Å². The van der Waals surface area contributed by atoms with Gasteiger partial charge in [-0.1, -0.05) is 54.1 Å². The molecule has 0 saturated heterocycles. The van der Waals surface area contributed by atoms with Crippen molar-refractivity contribution in [3.05, 3.63) is 94.0 Å². The fraction of sp³-hybridized carbons (Fsp3) is 0.345. The quantitative estimate of drug-likeness (QED) is 0.399. The molecule has 0 radical (unpaired) electrons. The normalized spacial score (nSPS) is 20.2. The second-order valence-electron chi connectivity index (χ2n) is 9.68. The number of rotatable bonds is 6. The second kappa shape index (κ2) is 11.1. The maximum Gasteiger partial charge on any atom is 0.304 e. The van der Waals surface area contributed by atoms with E-state index in [4.69, 9.17) is 16.3 Å². The van der Waals surface area contributed by atoms with Crippen molar-refractivity contribution in [1.29, 1.82) is 0 Å². The molecule has 0 bridgehead atoms. The maximum absolute atomic E-state index is 13.1. The van der Waals surface area contributed by atoms with Gasteiger partial charge >= 0.3 is 5.97 Å². The molecule has 190 valence electrons. The number of halogens is 1. The number of hydrogen-bond acceptors (Lipinski definition) is 4. The summed E-state index contributed by atoms with van der Waals surface area (Å²) in [6.07, 6.45) is 1.78. The van der Waals surface area contributed by atoms with Crippen LogP contribution in [0.2, 0.25) is 5.02 Å². The van der Waals surface area contributed by atoms with Gasteiger partial charge in [-0.25, -0.2) is 8.42 Å². The monoisotopic (exact) mass is 526 g/mol. The zero-order chi connectivity index (χ0) is 25.9. The Morgan fingerprint density at radius 3 is 2.50 bits per heavy atom. The van der Waals surface area contributed by atoms with Crippen molar-refractivity contribution in [2.45, 2.75) is 56.4 Å². The largest absolute Gasteiger partial charge is 0.489 e. The molecular weight excluding hydrogens is 496 g/mol. The van der Waals surface area contributed by atoms with Gasteiger partial charge in [-0.3, -0.25) is 4.79 Å². The highest BCUT2D eigenvalue weighted by molar-refractivity contribution is 7.91. The predicted molar refractivity (Wildman–Crippen MR) is 142 cm³/mol. The minimum atomic E-state index is -3.46. The van der Waals surface area contributed by atoms with E-state index < -0.39 is 15.8 Å². The molecule has 0 fully saturated rings. The van der Waals surface area contributed by atoms with Gasteiger partial charge < -0.3 is 9.84 Å². The van der Waals surface area contributed by atoms with Gasteiger partial charge in [-0.05, 0) is 85.5 Å². The maximum atomic E-state index is 13.1. The van der Waals surface area contributed by atoms with Crippen LogP contribution in [0.15, 0.2) is 71.6 Å². The molecule has 36 heavy (non-hydrogen) atoms. The van der Waals surface area contributed by atoms with Gasteiger partial charge in [-0.15, -0.1) is 0 Å². The van der Waals surface area contributed by atoms with Crippen LogP contribution in [0, 0.1) is 12.8 Å². The highest BCUT2D eigenvalue weighted by atomic mass is 35.5. The Morgan fingerprint density at radius 2 is 1.78 bits per heavy atom. The number of carboxylic acid groups (broad SMARTS) is 1. The molecule has 3 atom stereocenters. The summed E-state index contributed by atoms with van der Waals surface area (Å²) in [4.78, 5) is 11.9. The van der Waals surface area contributed by atoms with Gasteiger partial charge in [0.2, 0.25) is 0 Å². The fourth-order valence-electron chi connectivity index (χ4n) is 5.01. The van der Waals surface area contributed by atoms with Crippen molar-refractivity contribution in [2.75, 3.05) is 5.75 Å². The lowest BCUT2D eigenvalue weighted by Gasteiger charge is -2.23. The minimum Gasteiger partial charge on any atom is -0.489 e. The number of hydrogen-bond donors (Lipinski definition) is 1. The molecule has 5 nitrogen and oxygen atoms in total. The molecule has 3 aromatic rings. The third-order valence-electron chi connectivity index (χ3n) is 6.91. The number of aryl methyl sites for hydroxylation is 1. The van der Waals surface area contributed by atoms with Crippen LogP contribution in [-0.4, -0.2) is 31.4 Å². The van der Waals surface area contributed by atoms with Gasteiger partial charge in [0, 0.05) is 10.9 Å². The first-order valence-corrected chi connectivity index (χ1v) is 14.2. The lowest BCUT2D eigenvalue weighted by atomic mass is 9.84. The number of ether oxygens (including phenoxy) is 1. The lowest BCUT2D eigenvalue weighted by Crippen LogP contribution is -2.19. The van der Waals surface area contributed by atoms with Gasteiger partial charge in [0.05, 0.1) is 18.3 Å². The van der Waals surface area contributed by atoms with Gasteiger partial charge in [0.15, 0.2) is 9.84 Å². The third kappa shape index (κ3) is 6.29. The van der Waals surface area contributed by atoms with E-state index in [0.29, 0.717) is 23.6 Å². The third-order valence-corrected chi connectivity index (χ3v) is 8.94. The second-order valence-corrected chi connectivity index (χ2v) is 12.2. The molecule has 0 amide bonds. The number of para-hydroxylation sites is 1. The van der Waals surface area contributed by atoms with E-state index in [-0.39, 0.29) is 35.0 Å². The van der Waals surface area contributed by atoms with Crippen LogP contribution >= 0.6 is 11.6 Å². The van der Waals surface area contributed by atoms with Crippen molar-refractivity contribution in [3.8, 4) is 5.75 Å². The summed E-state index contributed by atoms with van der Waals surface area (Å²) in [6.45, 7) is 4.02. The zero-order valence-electron chi connectivity index (χ0n) is 20.5. The molecule has 1 aliphatic rings. The smallest absolute Gasteiger partial charge is 0.304 e. The van der Waals surface area contributed by atoms with Crippen molar-refractivity contribution in [2.24, 2.45) is 5.92 Å². The van der Waals surface area contributed by atoms with E-state index in [1.54, 1.807) is 36.4 Å². The first-order valence-electron chi connectivity index (χ1n) is 12.2. The topological polar surface area (TPSA) is 80.7 Å². The number of carbonyl (C=O) groups is 1. The molecule has 3 aromatic carbocycles. The molecule has 1 N–H and O–H groups in total. The molecule has 1 heterocycles. The van der Waals surface area contributed by atoms with Gasteiger partial charge in [0.1, 0.15) is 10.6 Å². The number of carboxylic acids is 1. The van der Waals surface area contributed by atoms with Crippen LogP contribution in [0.1, 0.15) is 54.4 Å². The summed E-state index contributed by atoms with van der Waals surface area (Å²) in [7, 11) is -3.46. The SMILES string of the molecule is Cc1ccc(C(CC(=O)O)c2ccc(Cl)cc2)cc1CC1CCS(=O)(=O)c2ccccc2O[C@H](C)C1. The molecule has 7 heteroatoms. The van der Waals surface area contributed by atoms with E-state index >= 15 is 0 Å². The Bertz CT molecular complexity index is 1330. The Hall–Kier alpha value is -2.83. The first kappa shape index (κ1) is 26.2. The Kier molecular flexibility index (Phi) is 8.06. The van der Waals surface area contributed by atoms with Gasteiger partial charge in [-0.2, -0.15) is 0 Å². The number of sulfone groups is 1. The zero-order valence-corrected chi connectivity index (χ0v) is 22.1. The highest BCUT2D eigenvalue weighted by Gasteiger charge is 2.27. The van der Waals surface area contributed by atoms with Crippen molar-refractivity contribution < 1.29 is 23.1 Å². The van der Waals surface area contributed by atoms with Crippen LogP contribution in [0.5, 0.6) is 5.75 Å². The van der Waals surface area contributed by atoms with E-state index in [1.807, 2.05) is 38.1 Å². The molecule has 1 aliphatic heterocycles. The molecular formula is C29H31ClO5S. The minimum absolute atomic E-state index is 0.0328. The Labute approximate surface area is 218 Å². The number of aliphatic carboxylic acids is 1. The standard InChI is InChI=1S/C29H31ClO5S/c1-19-7-8-23(26(18-29(31)32)22-9-11-25(30)12-10-22)17-24(19)16-21-13-14-36(33,34)28-6-4-3-5-27(28)35-20(2)15-21/h3-12,17,20-21,26H,13-16,18H2,1-2H3,(H,31,32)/t20-,21?,26?/m1/s1. The number of benzene rings is 3. The number of fused-ring (bicyclic) bond motifs is 1. The van der Waals surface area contributed by atoms with Crippen molar-refractivity contribution in [1.82, 2.24) is 0 Å². The molecule has 0 spiro atoms. The summed E-state index contributed by atoms with van der Waals surface area (Å²) < 4.78 is 32.2. The Morgan fingerprint density at radius 1 is 1.08 bits per heavy atom. The fourth-order valence-corrected chi connectivity index (χ4v) is 6.71.